The Morgan fingerprint density at radius 3 is 2.48 bits per heavy atom. The first kappa shape index (κ1) is 15.9. The molecule has 2 aromatic rings. The zero-order valence-corrected chi connectivity index (χ0v) is 14.4. The normalized spacial score (nSPS) is 11.1. The average Bonchev–Trinajstić information content (AvgIpc) is 2.81. The second-order valence-electron chi connectivity index (χ2n) is 5.78. The van der Waals surface area contributed by atoms with Gasteiger partial charge in [-0.05, 0) is 43.0 Å². The van der Waals surface area contributed by atoms with Gasteiger partial charge in [0.25, 0.3) is 0 Å². The summed E-state index contributed by atoms with van der Waals surface area (Å²) in [4.78, 5) is 16.7. The Labute approximate surface area is 133 Å². The molecule has 1 aromatic heterocycles. The Morgan fingerprint density at radius 2 is 1.90 bits per heavy atom. The van der Waals surface area contributed by atoms with Gasteiger partial charge in [0.05, 0.1) is 6.42 Å². The fraction of sp³-hybridized carbons (Fsp3) is 0.438. The summed E-state index contributed by atoms with van der Waals surface area (Å²) in [5, 5.41) is 4.20. The molecule has 0 aliphatic carbocycles. The lowest BCUT2D eigenvalue weighted by atomic mass is 10.0. The van der Waals surface area contributed by atoms with E-state index in [1.165, 1.54) is 6.33 Å². The molecule has 0 saturated carbocycles. The molecule has 112 valence electrons. The van der Waals surface area contributed by atoms with Crippen molar-refractivity contribution >= 4 is 21.7 Å². The number of hydrogen-bond acceptors (Lipinski definition) is 3. The molecule has 0 spiro atoms. The van der Waals surface area contributed by atoms with E-state index < -0.39 is 0 Å². The quantitative estimate of drug-likeness (QED) is 0.772. The lowest BCUT2D eigenvalue weighted by Crippen LogP contribution is -2.14. The standard InChI is InChI=1S/C16H20BrN3O/c1-10(2)8-20-15(18-9-19-20)7-14(21)13-5-11(3)16(17)12(4)6-13/h5-6,9-10H,7-8H2,1-4H3. The van der Waals surface area contributed by atoms with Crippen LogP contribution in [0.4, 0.5) is 0 Å². The number of hydrogen-bond donors (Lipinski definition) is 0. The zero-order chi connectivity index (χ0) is 15.6. The number of Topliss-reactive ketones (excluding diaryl/α,β-unsaturated/α-hetero) is 1. The first-order chi connectivity index (χ1) is 9.88. The van der Waals surface area contributed by atoms with Crippen molar-refractivity contribution in [3.8, 4) is 0 Å². The number of benzene rings is 1. The second kappa shape index (κ2) is 6.52. The third kappa shape index (κ3) is 3.79. The minimum absolute atomic E-state index is 0.0757. The first-order valence-electron chi connectivity index (χ1n) is 7.05. The Hall–Kier alpha value is -1.49. The van der Waals surface area contributed by atoms with Crippen LogP contribution in [-0.4, -0.2) is 20.5 Å². The SMILES string of the molecule is Cc1cc(C(=O)Cc2ncnn2CC(C)C)cc(C)c1Br. The number of carbonyl (C=O) groups excluding carboxylic acids is 1. The lowest BCUT2D eigenvalue weighted by Gasteiger charge is -2.09. The highest BCUT2D eigenvalue weighted by Crippen LogP contribution is 2.23. The minimum atomic E-state index is 0.0757. The van der Waals surface area contributed by atoms with Crippen LogP contribution in [0.5, 0.6) is 0 Å². The molecule has 1 heterocycles. The summed E-state index contributed by atoms with van der Waals surface area (Å²) in [6.07, 6.45) is 1.80. The van der Waals surface area contributed by atoms with Gasteiger partial charge < -0.3 is 0 Å². The van der Waals surface area contributed by atoms with E-state index in [0.29, 0.717) is 5.92 Å². The maximum absolute atomic E-state index is 12.5. The summed E-state index contributed by atoms with van der Waals surface area (Å²) >= 11 is 3.52. The van der Waals surface area contributed by atoms with Crippen LogP contribution in [0.25, 0.3) is 0 Å². The van der Waals surface area contributed by atoms with E-state index >= 15 is 0 Å². The Morgan fingerprint density at radius 1 is 1.29 bits per heavy atom. The van der Waals surface area contributed by atoms with Crippen LogP contribution in [0, 0.1) is 19.8 Å². The maximum Gasteiger partial charge on any atom is 0.170 e. The highest BCUT2D eigenvalue weighted by Gasteiger charge is 2.14. The molecule has 0 radical (unpaired) electrons. The van der Waals surface area contributed by atoms with Crippen molar-refractivity contribution in [2.45, 2.75) is 40.7 Å². The molecule has 0 aliphatic heterocycles. The Balaban J connectivity index is 2.21. The van der Waals surface area contributed by atoms with E-state index in [2.05, 4.69) is 39.9 Å². The van der Waals surface area contributed by atoms with Gasteiger partial charge in [-0.2, -0.15) is 5.10 Å². The van der Waals surface area contributed by atoms with Crippen molar-refractivity contribution in [2.24, 2.45) is 5.92 Å². The minimum Gasteiger partial charge on any atom is -0.294 e. The van der Waals surface area contributed by atoms with Crippen molar-refractivity contribution in [3.63, 3.8) is 0 Å². The van der Waals surface area contributed by atoms with Gasteiger partial charge in [0.1, 0.15) is 12.2 Å². The van der Waals surface area contributed by atoms with Crippen molar-refractivity contribution in [1.82, 2.24) is 14.8 Å². The third-order valence-corrected chi connectivity index (χ3v) is 4.56. The lowest BCUT2D eigenvalue weighted by molar-refractivity contribution is 0.0989. The number of aryl methyl sites for hydroxylation is 2. The van der Waals surface area contributed by atoms with Crippen LogP contribution in [0.1, 0.15) is 41.2 Å². The van der Waals surface area contributed by atoms with Gasteiger partial charge in [-0.25, -0.2) is 9.67 Å². The third-order valence-electron chi connectivity index (χ3n) is 3.31. The van der Waals surface area contributed by atoms with E-state index in [-0.39, 0.29) is 12.2 Å². The van der Waals surface area contributed by atoms with Crippen LogP contribution < -0.4 is 0 Å². The molecular formula is C16H20BrN3O. The van der Waals surface area contributed by atoms with Gasteiger partial charge in [0, 0.05) is 16.6 Å². The smallest absolute Gasteiger partial charge is 0.170 e. The van der Waals surface area contributed by atoms with Gasteiger partial charge in [-0.15, -0.1) is 0 Å². The average molecular weight is 350 g/mol. The molecule has 5 heteroatoms. The van der Waals surface area contributed by atoms with Crippen molar-refractivity contribution in [3.05, 3.63) is 45.4 Å². The highest BCUT2D eigenvalue weighted by molar-refractivity contribution is 9.10. The molecule has 1 aromatic carbocycles. The highest BCUT2D eigenvalue weighted by atomic mass is 79.9. The molecule has 0 bridgehead atoms. The second-order valence-corrected chi connectivity index (χ2v) is 6.57. The van der Waals surface area contributed by atoms with Crippen molar-refractivity contribution < 1.29 is 4.79 Å². The monoisotopic (exact) mass is 349 g/mol. The summed E-state index contributed by atoms with van der Waals surface area (Å²) < 4.78 is 2.88. The molecule has 0 amide bonds. The Kier molecular flexibility index (Phi) is 4.93. The summed E-state index contributed by atoms with van der Waals surface area (Å²) in [7, 11) is 0. The number of nitrogens with zero attached hydrogens (tertiary/aromatic N) is 3. The largest absolute Gasteiger partial charge is 0.294 e. The van der Waals surface area contributed by atoms with E-state index in [1.807, 2.05) is 30.7 Å². The molecule has 2 rings (SSSR count). The topological polar surface area (TPSA) is 47.8 Å². The number of rotatable bonds is 5. The van der Waals surface area contributed by atoms with Crippen LogP contribution in [-0.2, 0) is 13.0 Å². The van der Waals surface area contributed by atoms with Gasteiger partial charge in [-0.1, -0.05) is 29.8 Å². The van der Waals surface area contributed by atoms with Gasteiger partial charge in [0.15, 0.2) is 5.78 Å². The fourth-order valence-corrected chi connectivity index (χ4v) is 2.50. The summed E-state index contributed by atoms with van der Waals surface area (Å²) in [5.74, 6) is 1.27. The van der Waals surface area contributed by atoms with Crippen molar-refractivity contribution in [2.75, 3.05) is 0 Å². The van der Waals surface area contributed by atoms with E-state index in [1.54, 1.807) is 0 Å². The zero-order valence-electron chi connectivity index (χ0n) is 12.9. The first-order valence-corrected chi connectivity index (χ1v) is 7.84. The summed E-state index contributed by atoms with van der Waals surface area (Å²) in [6, 6.07) is 3.84. The maximum atomic E-state index is 12.5. The number of ketones is 1. The van der Waals surface area contributed by atoms with Crippen LogP contribution >= 0.6 is 15.9 Å². The molecular weight excluding hydrogens is 330 g/mol. The van der Waals surface area contributed by atoms with E-state index in [0.717, 1.165) is 33.5 Å². The molecule has 0 unspecified atom stereocenters. The van der Waals surface area contributed by atoms with Crippen LogP contribution in [0.3, 0.4) is 0 Å². The number of carbonyl (C=O) groups is 1. The number of halogens is 1. The van der Waals surface area contributed by atoms with Gasteiger partial charge >= 0.3 is 0 Å². The molecule has 0 saturated heterocycles. The van der Waals surface area contributed by atoms with Crippen LogP contribution in [0.2, 0.25) is 0 Å². The van der Waals surface area contributed by atoms with E-state index in [9.17, 15) is 4.79 Å². The van der Waals surface area contributed by atoms with E-state index in [4.69, 9.17) is 0 Å². The summed E-state index contributed by atoms with van der Waals surface area (Å²) in [5.41, 5.74) is 2.87. The fourth-order valence-electron chi connectivity index (χ4n) is 2.28. The molecule has 0 aliphatic rings. The predicted octanol–water partition coefficient (Wildman–Crippen LogP) is 3.74. The predicted molar refractivity (Wildman–Crippen MR) is 86.5 cm³/mol. The molecule has 21 heavy (non-hydrogen) atoms. The summed E-state index contributed by atoms with van der Waals surface area (Å²) in [6.45, 7) is 9.01. The van der Waals surface area contributed by atoms with Gasteiger partial charge in [0.2, 0.25) is 0 Å². The Bertz CT molecular complexity index is 638. The van der Waals surface area contributed by atoms with Crippen LogP contribution in [0.15, 0.2) is 22.9 Å². The van der Waals surface area contributed by atoms with Crippen molar-refractivity contribution in [1.29, 1.82) is 0 Å². The van der Waals surface area contributed by atoms with Gasteiger partial charge in [-0.3, -0.25) is 4.79 Å². The molecule has 0 N–H and O–H groups in total. The number of aromatic nitrogens is 3. The molecule has 4 nitrogen and oxygen atoms in total. The molecule has 0 fully saturated rings. The molecule has 0 atom stereocenters.